The van der Waals surface area contributed by atoms with Crippen LogP contribution in [0, 0.1) is 6.92 Å². The summed E-state index contributed by atoms with van der Waals surface area (Å²) >= 11 is 7.20. The van der Waals surface area contributed by atoms with Crippen LogP contribution < -0.4 is 10.5 Å². The number of H-pyrrole nitrogens is 1. The number of nitrogens with zero attached hydrogens (tertiary/aromatic N) is 1. The summed E-state index contributed by atoms with van der Waals surface area (Å²) in [5.41, 5.74) is 6.31. The molecule has 2 heterocycles. The Bertz CT molecular complexity index is 708. The highest BCUT2D eigenvalue weighted by Crippen LogP contribution is 2.28. The molecule has 2 aromatic heterocycles. The minimum Gasteiger partial charge on any atom is -0.325 e. The van der Waals surface area contributed by atoms with Crippen molar-refractivity contribution in [3.63, 3.8) is 0 Å². The number of aryl methyl sites for hydroxylation is 1. The van der Waals surface area contributed by atoms with Crippen LogP contribution in [0.3, 0.4) is 0 Å². The van der Waals surface area contributed by atoms with Crippen LogP contribution in [0.2, 0.25) is 4.34 Å². The minimum atomic E-state index is -3.69. The lowest BCUT2D eigenvalue weighted by Gasteiger charge is -2.13. The Balaban J connectivity index is 2.29. The van der Waals surface area contributed by atoms with Crippen molar-refractivity contribution in [3.05, 3.63) is 32.7 Å². The maximum absolute atomic E-state index is 12.4. The molecule has 0 saturated carbocycles. The predicted molar refractivity (Wildman–Crippen MR) is 79.3 cm³/mol. The van der Waals surface area contributed by atoms with Gasteiger partial charge in [-0.3, -0.25) is 5.10 Å². The average Bonchev–Trinajstić information content (AvgIpc) is 2.94. The Labute approximate surface area is 126 Å². The monoisotopic (exact) mass is 334 g/mol. The molecule has 0 spiro atoms. The van der Waals surface area contributed by atoms with Gasteiger partial charge in [-0.1, -0.05) is 11.6 Å². The summed E-state index contributed by atoms with van der Waals surface area (Å²) in [6, 6.07) is 3.16. The highest BCUT2D eigenvalue weighted by atomic mass is 35.5. The van der Waals surface area contributed by atoms with Gasteiger partial charge in [-0.05, 0) is 26.0 Å². The summed E-state index contributed by atoms with van der Waals surface area (Å²) in [6.07, 6.45) is 0. The molecule has 6 nitrogen and oxygen atoms in total. The molecule has 0 radical (unpaired) electrons. The van der Waals surface area contributed by atoms with Gasteiger partial charge in [0, 0.05) is 11.4 Å². The summed E-state index contributed by atoms with van der Waals surface area (Å²) in [5.74, 6) is 0. The Morgan fingerprint density at radius 3 is 2.80 bits per heavy atom. The molecule has 2 rings (SSSR count). The van der Waals surface area contributed by atoms with Gasteiger partial charge >= 0.3 is 0 Å². The van der Waals surface area contributed by atoms with Crippen LogP contribution >= 0.6 is 22.9 Å². The Morgan fingerprint density at radius 1 is 1.55 bits per heavy atom. The van der Waals surface area contributed by atoms with Crippen molar-refractivity contribution >= 4 is 33.0 Å². The third-order valence-electron chi connectivity index (χ3n) is 2.78. The largest absolute Gasteiger partial charge is 0.325 e. The standard InChI is InChI=1S/C11H15ClN4O2S2/c1-6(9-3-4-10(12)19-9)16-20(17,18)11-7(2)14-15-8(11)5-13/h3-4,6,16H,5,13H2,1-2H3,(H,14,15). The van der Waals surface area contributed by atoms with E-state index in [4.69, 9.17) is 17.3 Å². The molecule has 0 aliphatic heterocycles. The molecule has 0 saturated heterocycles. The van der Waals surface area contributed by atoms with Gasteiger partial charge in [0.2, 0.25) is 10.0 Å². The number of nitrogens with one attached hydrogen (secondary N) is 2. The molecular weight excluding hydrogens is 320 g/mol. The van der Waals surface area contributed by atoms with Crippen molar-refractivity contribution < 1.29 is 8.42 Å². The normalized spacial score (nSPS) is 13.6. The molecule has 0 aromatic carbocycles. The summed E-state index contributed by atoms with van der Waals surface area (Å²) < 4.78 is 28.1. The van der Waals surface area contributed by atoms with E-state index in [1.165, 1.54) is 11.3 Å². The van der Waals surface area contributed by atoms with Crippen LogP contribution in [0.25, 0.3) is 0 Å². The van der Waals surface area contributed by atoms with Crippen LogP contribution in [-0.4, -0.2) is 18.6 Å². The summed E-state index contributed by atoms with van der Waals surface area (Å²) in [5, 5.41) is 6.54. The molecule has 1 unspecified atom stereocenters. The number of hydrogen-bond acceptors (Lipinski definition) is 5. The number of thiophene rings is 1. The maximum Gasteiger partial charge on any atom is 0.244 e. The fraction of sp³-hybridized carbons (Fsp3) is 0.364. The van der Waals surface area contributed by atoms with Gasteiger partial charge in [-0.15, -0.1) is 11.3 Å². The lowest BCUT2D eigenvalue weighted by Crippen LogP contribution is -2.27. The SMILES string of the molecule is Cc1[nH]nc(CN)c1S(=O)(=O)NC(C)c1ccc(Cl)s1. The van der Waals surface area contributed by atoms with Gasteiger partial charge in [0.05, 0.1) is 21.8 Å². The molecule has 1 atom stereocenters. The third kappa shape index (κ3) is 3.04. The summed E-state index contributed by atoms with van der Waals surface area (Å²) in [6.45, 7) is 3.46. The molecule has 0 fully saturated rings. The van der Waals surface area contributed by atoms with E-state index in [1.54, 1.807) is 26.0 Å². The summed E-state index contributed by atoms with van der Waals surface area (Å²) in [4.78, 5) is 0.962. The first-order valence-electron chi connectivity index (χ1n) is 5.86. The van der Waals surface area contributed by atoms with Crippen molar-refractivity contribution in [1.82, 2.24) is 14.9 Å². The fourth-order valence-corrected chi connectivity index (χ4v) is 4.61. The van der Waals surface area contributed by atoms with E-state index >= 15 is 0 Å². The van der Waals surface area contributed by atoms with E-state index in [0.717, 1.165) is 4.88 Å². The van der Waals surface area contributed by atoms with Gasteiger partial charge in [0.1, 0.15) is 4.90 Å². The van der Waals surface area contributed by atoms with Gasteiger partial charge < -0.3 is 5.73 Å². The molecular formula is C11H15ClN4O2S2. The molecule has 110 valence electrons. The number of halogens is 1. The molecule has 0 aliphatic carbocycles. The van der Waals surface area contributed by atoms with Crippen LogP contribution in [0.15, 0.2) is 17.0 Å². The van der Waals surface area contributed by atoms with E-state index in [-0.39, 0.29) is 17.5 Å². The zero-order valence-corrected chi connectivity index (χ0v) is 13.4. The van der Waals surface area contributed by atoms with Gasteiger partial charge in [-0.2, -0.15) is 5.10 Å². The highest BCUT2D eigenvalue weighted by Gasteiger charge is 2.26. The van der Waals surface area contributed by atoms with Crippen LogP contribution in [0.1, 0.15) is 29.2 Å². The van der Waals surface area contributed by atoms with E-state index in [9.17, 15) is 8.42 Å². The quantitative estimate of drug-likeness (QED) is 0.777. The molecule has 4 N–H and O–H groups in total. The third-order valence-corrected chi connectivity index (χ3v) is 5.93. The number of sulfonamides is 1. The second kappa shape index (κ2) is 5.82. The first-order chi connectivity index (χ1) is 9.35. The molecule has 2 aromatic rings. The number of hydrogen-bond donors (Lipinski definition) is 3. The van der Waals surface area contributed by atoms with Crippen molar-refractivity contribution in [3.8, 4) is 0 Å². The van der Waals surface area contributed by atoms with E-state index < -0.39 is 10.0 Å². The van der Waals surface area contributed by atoms with Gasteiger partial charge in [-0.25, -0.2) is 13.1 Å². The Kier molecular flexibility index (Phi) is 4.50. The molecule has 20 heavy (non-hydrogen) atoms. The zero-order chi connectivity index (χ0) is 14.9. The molecule has 9 heteroatoms. The van der Waals surface area contributed by atoms with E-state index in [2.05, 4.69) is 14.9 Å². The minimum absolute atomic E-state index is 0.0554. The maximum atomic E-state index is 12.4. The number of aromatic nitrogens is 2. The predicted octanol–water partition coefficient (Wildman–Crippen LogP) is 1.93. The topological polar surface area (TPSA) is 101 Å². The fourth-order valence-electron chi connectivity index (χ4n) is 1.88. The number of aromatic amines is 1. The number of nitrogens with two attached hydrogens (primary N) is 1. The number of rotatable bonds is 5. The lowest BCUT2D eigenvalue weighted by molar-refractivity contribution is 0.566. The second-order valence-electron chi connectivity index (χ2n) is 4.31. The van der Waals surface area contributed by atoms with Gasteiger partial charge in [0.15, 0.2) is 0 Å². The first-order valence-corrected chi connectivity index (χ1v) is 8.54. The first kappa shape index (κ1) is 15.5. The van der Waals surface area contributed by atoms with Crippen molar-refractivity contribution in [2.75, 3.05) is 0 Å². The van der Waals surface area contributed by atoms with Gasteiger partial charge in [0.25, 0.3) is 0 Å². The summed E-state index contributed by atoms with van der Waals surface area (Å²) in [7, 11) is -3.69. The lowest BCUT2D eigenvalue weighted by atomic mass is 10.3. The average molecular weight is 335 g/mol. The van der Waals surface area contributed by atoms with Crippen molar-refractivity contribution in [1.29, 1.82) is 0 Å². The Morgan fingerprint density at radius 2 is 2.25 bits per heavy atom. The highest BCUT2D eigenvalue weighted by molar-refractivity contribution is 7.89. The van der Waals surface area contributed by atoms with Crippen LogP contribution in [0.4, 0.5) is 0 Å². The molecule has 0 bridgehead atoms. The Hall–Kier alpha value is -0.930. The van der Waals surface area contributed by atoms with Crippen molar-refractivity contribution in [2.24, 2.45) is 5.73 Å². The smallest absolute Gasteiger partial charge is 0.244 e. The molecule has 0 aliphatic rings. The molecule has 0 amide bonds. The van der Waals surface area contributed by atoms with Crippen LogP contribution in [-0.2, 0) is 16.6 Å². The van der Waals surface area contributed by atoms with E-state index in [0.29, 0.717) is 15.7 Å². The zero-order valence-electron chi connectivity index (χ0n) is 11.0. The van der Waals surface area contributed by atoms with Crippen molar-refractivity contribution in [2.45, 2.75) is 31.3 Å². The van der Waals surface area contributed by atoms with Crippen LogP contribution in [0.5, 0.6) is 0 Å². The van der Waals surface area contributed by atoms with E-state index in [1.807, 2.05) is 0 Å². The second-order valence-corrected chi connectivity index (χ2v) is 7.71.